The van der Waals surface area contributed by atoms with E-state index in [2.05, 4.69) is 22.5 Å². The lowest BCUT2D eigenvalue weighted by Gasteiger charge is -2.33. The van der Waals surface area contributed by atoms with E-state index < -0.39 is 6.03 Å². The monoisotopic (exact) mass is 289 g/mol. The van der Waals surface area contributed by atoms with Crippen LogP contribution in [0.4, 0.5) is 4.79 Å². The number of nitrogens with zero attached hydrogens (tertiary/aromatic N) is 1. The average Bonchev–Trinajstić information content (AvgIpc) is 2.36. The molecule has 0 aromatic heterocycles. The number of carbonyl (C=O) groups is 2. The van der Waals surface area contributed by atoms with Gasteiger partial charge in [-0.1, -0.05) is 6.42 Å². The van der Waals surface area contributed by atoms with Gasteiger partial charge in [-0.25, -0.2) is 4.79 Å². The van der Waals surface area contributed by atoms with Gasteiger partial charge in [-0.15, -0.1) is 11.6 Å². The summed E-state index contributed by atoms with van der Waals surface area (Å²) >= 11 is 5.41. The fourth-order valence-electron chi connectivity index (χ4n) is 2.29. The van der Waals surface area contributed by atoms with Crippen molar-refractivity contribution in [2.45, 2.75) is 45.1 Å². The maximum absolute atomic E-state index is 11.3. The molecule has 1 saturated heterocycles. The molecule has 19 heavy (non-hydrogen) atoms. The summed E-state index contributed by atoms with van der Waals surface area (Å²) in [6, 6.07) is 0.217. The number of amides is 3. The van der Waals surface area contributed by atoms with Crippen LogP contribution in [0.15, 0.2) is 0 Å². The SMILES string of the molecule is CC1CCCCN1CCCNC(=O)NC(=O)CCCl. The van der Waals surface area contributed by atoms with Crippen molar-refractivity contribution >= 4 is 23.5 Å². The van der Waals surface area contributed by atoms with E-state index in [1.54, 1.807) is 0 Å². The molecule has 1 atom stereocenters. The number of hydrogen-bond acceptors (Lipinski definition) is 3. The van der Waals surface area contributed by atoms with E-state index in [0.29, 0.717) is 12.6 Å². The summed E-state index contributed by atoms with van der Waals surface area (Å²) in [7, 11) is 0. The van der Waals surface area contributed by atoms with Crippen LogP contribution < -0.4 is 10.6 Å². The molecule has 1 aliphatic rings. The minimum Gasteiger partial charge on any atom is -0.338 e. The van der Waals surface area contributed by atoms with Crippen LogP contribution in [0, 0.1) is 0 Å². The number of halogens is 1. The first-order valence-corrected chi connectivity index (χ1v) is 7.54. The zero-order chi connectivity index (χ0) is 14.1. The number of carbonyl (C=O) groups excluding carboxylic acids is 2. The standard InChI is InChI=1S/C13H24ClN3O2/c1-11-5-2-3-9-17(11)10-4-8-15-13(19)16-12(18)6-7-14/h11H,2-10H2,1H3,(H2,15,16,18,19). The molecule has 5 nitrogen and oxygen atoms in total. The van der Waals surface area contributed by atoms with Gasteiger partial charge in [0.15, 0.2) is 0 Å². The Hall–Kier alpha value is -0.810. The topological polar surface area (TPSA) is 61.4 Å². The van der Waals surface area contributed by atoms with Gasteiger partial charge in [-0.3, -0.25) is 10.1 Å². The van der Waals surface area contributed by atoms with Gasteiger partial charge in [0.25, 0.3) is 0 Å². The normalized spacial score (nSPS) is 20.0. The largest absolute Gasteiger partial charge is 0.338 e. The fourth-order valence-corrected chi connectivity index (χ4v) is 2.46. The summed E-state index contributed by atoms with van der Waals surface area (Å²) in [6.45, 7) is 4.99. The van der Waals surface area contributed by atoms with Crippen LogP contribution in [0.2, 0.25) is 0 Å². The third-order valence-corrected chi connectivity index (χ3v) is 3.61. The molecule has 0 spiro atoms. The quantitative estimate of drug-likeness (QED) is 0.578. The summed E-state index contributed by atoms with van der Waals surface area (Å²) in [6.07, 6.45) is 4.93. The molecule has 1 rings (SSSR count). The van der Waals surface area contributed by atoms with Crippen molar-refractivity contribution in [3.8, 4) is 0 Å². The molecule has 2 N–H and O–H groups in total. The minimum absolute atomic E-state index is 0.167. The molecule has 110 valence electrons. The first kappa shape index (κ1) is 16.2. The maximum atomic E-state index is 11.3. The number of nitrogens with one attached hydrogen (secondary N) is 2. The molecule has 1 aliphatic heterocycles. The molecular formula is C13H24ClN3O2. The van der Waals surface area contributed by atoms with E-state index in [4.69, 9.17) is 11.6 Å². The van der Waals surface area contributed by atoms with Gasteiger partial charge in [0.05, 0.1) is 0 Å². The van der Waals surface area contributed by atoms with Crippen molar-refractivity contribution in [2.24, 2.45) is 0 Å². The number of piperidine rings is 1. The van der Waals surface area contributed by atoms with Crippen molar-refractivity contribution < 1.29 is 9.59 Å². The number of alkyl halides is 1. The van der Waals surface area contributed by atoms with Crippen LogP contribution >= 0.6 is 11.6 Å². The highest BCUT2D eigenvalue weighted by Crippen LogP contribution is 2.15. The lowest BCUT2D eigenvalue weighted by molar-refractivity contribution is -0.119. The maximum Gasteiger partial charge on any atom is 0.321 e. The smallest absolute Gasteiger partial charge is 0.321 e. The van der Waals surface area contributed by atoms with E-state index >= 15 is 0 Å². The molecule has 1 heterocycles. The number of imide groups is 1. The zero-order valence-corrected chi connectivity index (χ0v) is 12.3. The highest BCUT2D eigenvalue weighted by molar-refractivity contribution is 6.19. The van der Waals surface area contributed by atoms with Crippen LogP contribution in [-0.4, -0.2) is 48.4 Å². The molecular weight excluding hydrogens is 266 g/mol. The summed E-state index contributed by atoms with van der Waals surface area (Å²) in [5.74, 6) is -0.108. The van der Waals surface area contributed by atoms with Crippen LogP contribution in [0.3, 0.4) is 0 Å². The second kappa shape index (κ2) is 9.15. The van der Waals surface area contributed by atoms with Gasteiger partial charge in [0.1, 0.15) is 0 Å². The second-order valence-corrected chi connectivity index (χ2v) is 5.36. The Balaban J connectivity index is 2.06. The van der Waals surface area contributed by atoms with Crippen molar-refractivity contribution in [1.82, 2.24) is 15.5 Å². The molecule has 1 unspecified atom stereocenters. The van der Waals surface area contributed by atoms with Crippen molar-refractivity contribution in [3.63, 3.8) is 0 Å². The zero-order valence-electron chi connectivity index (χ0n) is 11.6. The van der Waals surface area contributed by atoms with Crippen molar-refractivity contribution in [3.05, 3.63) is 0 Å². The Morgan fingerprint density at radius 2 is 2.16 bits per heavy atom. The third kappa shape index (κ3) is 6.78. The van der Waals surface area contributed by atoms with Crippen LogP contribution in [-0.2, 0) is 4.79 Å². The molecule has 1 fully saturated rings. The van der Waals surface area contributed by atoms with Gasteiger partial charge < -0.3 is 10.2 Å². The number of rotatable bonds is 6. The lowest BCUT2D eigenvalue weighted by atomic mass is 10.0. The molecule has 0 aromatic carbocycles. The molecule has 0 saturated carbocycles. The third-order valence-electron chi connectivity index (χ3n) is 3.42. The van der Waals surface area contributed by atoms with Gasteiger partial charge in [0.2, 0.25) is 5.91 Å². The predicted molar refractivity (Wildman–Crippen MR) is 76.4 cm³/mol. The van der Waals surface area contributed by atoms with Gasteiger partial charge in [0, 0.05) is 31.4 Å². The Morgan fingerprint density at radius 1 is 1.37 bits per heavy atom. The van der Waals surface area contributed by atoms with Crippen molar-refractivity contribution in [2.75, 3.05) is 25.5 Å². The number of hydrogen-bond donors (Lipinski definition) is 2. The molecule has 0 aliphatic carbocycles. The highest BCUT2D eigenvalue weighted by Gasteiger charge is 2.17. The first-order valence-electron chi connectivity index (χ1n) is 7.01. The fraction of sp³-hybridized carbons (Fsp3) is 0.846. The molecule has 6 heteroatoms. The van der Waals surface area contributed by atoms with Crippen molar-refractivity contribution in [1.29, 1.82) is 0 Å². The molecule has 0 bridgehead atoms. The average molecular weight is 290 g/mol. The molecule has 0 radical (unpaired) electrons. The van der Waals surface area contributed by atoms with E-state index in [-0.39, 0.29) is 18.2 Å². The Kier molecular flexibility index (Phi) is 7.82. The Bertz CT molecular complexity index is 300. The van der Waals surface area contributed by atoms with Crippen LogP contribution in [0.5, 0.6) is 0 Å². The van der Waals surface area contributed by atoms with Gasteiger partial charge in [-0.05, 0) is 32.7 Å². The van der Waals surface area contributed by atoms with Crippen LogP contribution in [0.1, 0.15) is 39.0 Å². The van der Waals surface area contributed by atoms with Gasteiger partial charge in [-0.2, -0.15) is 0 Å². The van der Waals surface area contributed by atoms with E-state index in [1.165, 1.54) is 19.3 Å². The molecule has 3 amide bonds. The van der Waals surface area contributed by atoms with E-state index in [9.17, 15) is 9.59 Å². The Morgan fingerprint density at radius 3 is 2.84 bits per heavy atom. The minimum atomic E-state index is -0.429. The summed E-state index contributed by atoms with van der Waals surface area (Å²) < 4.78 is 0. The second-order valence-electron chi connectivity index (χ2n) is 4.98. The number of likely N-dealkylation sites (tertiary alicyclic amines) is 1. The highest BCUT2D eigenvalue weighted by atomic mass is 35.5. The van der Waals surface area contributed by atoms with Gasteiger partial charge >= 0.3 is 6.03 Å². The Labute approximate surface area is 120 Å². The summed E-state index contributed by atoms with van der Waals surface area (Å²) in [4.78, 5) is 24.9. The van der Waals surface area contributed by atoms with E-state index in [1.807, 2.05) is 0 Å². The first-order chi connectivity index (χ1) is 9.13. The van der Waals surface area contributed by atoms with E-state index in [0.717, 1.165) is 19.5 Å². The van der Waals surface area contributed by atoms with Crippen LogP contribution in [0.25, 0.3) is 0 Å². The summed E-state index contributed by atoms with van der Waals surface area (Å²) in [5, 5.41) is 4.93. The predicted octanol–water partition coefficient (Wildman–Crippen LogP) is 1.71. The lowest BCUT2D eigenvalue weighted by Crippen LogP contribution is -2.42. The summed E-state index contributed by atoms with van der Waals surface area (Å²) in [5.41, 5.74) is 0. The number of urea groups is 1. The molecule has 0 aromatic rings.